The summed E-state index contributed by atoms with van der Waals surface area (Å²) >= 11 is 0. The summed E-state index contributed by atoms with van der Waals surface area (Å²) in [5.74, 6) is 2.14. The number of esters is 1. The molecule has 0 bridgehead atoms. The summed E-state index contributed by atoms with van der Waals surface area (Å²) in [6.07, 6.45) is 14.9. The highest BCUT2D eigenvalue weighted by Crippen LogP contribution is 2.75. The van der Waals surface area contributed by atoms with Crippen LogP contribution in [0.2, 0.25) is 0 Å². The van der Waals surface area contributed by atoms with Gasteiger partial charge in [-0.15, -0.1) is 0 Å². The van der Waals surface area contributed by atoms with Gasteiger partial charge in [0.05, 0.1) is 0 Å². The largest absolute Gasteiger partial charge is 0.452 e. The Labute approximate surface area is 181 Å². The van der Waals surface area contributed by atoms with Crippen molar-refractivity contribution in [1.29, 1.82) is 0 Å². The fourth-order valence-corrected chi connectivity index (χ4v) is 9.45. The van der Waals surface area contributed by atoms with E-state index >= 15 is 0 Å². The summed E-state index contributed by atoms with van der Waals surface area (Å²) in [7, 11) is 0. The van der Waals surface area contributed by atoms with E-state index in [4.69, 9.17) is 4.74 Å². The van der Waals surface area contributed by atoms with Gasteiger partial charge in [-0.1, -0.05) is 40.7 Å². The molecule has 3 heteroatoms. The second kappa shape index (κ2) is 5.90. The molecule has 8 atom stereocenters. The minimum absolute atomic E-state index is 0.0834. The van der Waals surface area contributed by atoms with Crippen molar-refractivity contribution in [3.05, 3.63) is 24.3 Å². The average molecular weight is 411 g/mol. The van der Waals surface area contributed by atoms with Gasteiger partial charge in [0.2, 0.25) is 0 Å². The number of carbonyl (C=O) groups is 2. The Balaban J connectivity index is 1.53. The lowest BCUT2D eigenvalue weighted by atomic mass is 9.36. The van der Waals surface area contributed by atoms with Gasteiger partial charge < -0.3 is 4.74 Å². The molecular formula is C27H38O3. The third-order valence-electron chi connectivity index (χ3n) is 11.3. The van der Waals surface area contributed by atoms with Gasteiger partial charge >= 0.3 is 5.97 Å². The molecule has 164 valence electrons. The summed E-state index contributed by atoms with van der Waals surface area (Å²) in [5.41, 5.74) is -0.126. The predicted octanol–water partition coefficient (Wildman–Crippen LogP) is 5.89. The van der Waals surface area contributed by atoms with E-state index in [9.17, 15) is 9.59 Å². The summed E-state index contributed by atoms with van der Waals surface area (Å²) in [4.78, 5) is 24.6. The molecule has 0 amide bonds. The molecule has 0 aromatic heterocycles. The fraction of sp³-hybridized carbons (Fsp3) is 0.778. The molecule has 3 nitrogen and oxygen atoms in total. The summed E-state index contributed by atoms with van der Waals surface area (Å²) in [6, 6.07) is 0. The highest BCUT2D eigenvalue weighted by molar-refractivity contribution is 5.95. The highest BCUT2D eigenvalue weighted by atomic mass is 16.6. The Kier molecular flexibility index (Phi) is 4.03. The number of carbonyl (C=O) groups excluding carboxylic acids is 2. The van der Waals surface area contributed by atoms with Crippen molar-refractivity contribution >= 4 is 11.8 Å². The van der Waals surface area contributed by atoms with Gasteiger partial charge in [0.25, 0.3) is 0 Å². The minimum Gasteiger partial charge on any atom is -0.452 e. The van der Waals surface area contributed by atoms with Gasteiger partial charge in [0.1, 0.15) is 5.60 Å². The molecule has 0 aromatic rings. The topological polar surface area (TPSA) is 43.4 Å². The number of ether oxygens (including phenoxy) is 1. The molecule has 5 aliphatic rings. The molecular weight excluding hydrogens is 372 g/mol. The molecule has 3 saturated carbocycles. The smallest absolute Gasteiger partial charge is 0.331 e. The van der Waals surface area contributed by atoms with E-state index in [1.165, 1.54) is 25.7 Å². The lowest BCUT2D eigenvalue weighted by Gasteiger charge is -2.68. The van der Waals surface area contributed by atoms with Crippen molar-refractivity contribution in [3.8, 4) is 0 Å². The maximum absolute atomic E-state index is 12.7. The van der Waals surface area contributed by atoms with Gasteiger partial charge in [-0.25, -0.2) is 4.79 Å². The van der Waals surface area contributed by atoms with Crippen LogP contribution in [0.3, 0.4) is 0 Å². The van der Waals surface area contributed by atoms with Crippen LogP contribution in [0.25, 0.3) is 0 Å². The van der Waals surface area contributed by atoms with Crippen LogP contribution in [0, 0.1) is 45.3 Å². The number of ketones is 1. The third-order valence-corrected chi connectivity index (χ3v) is 11.3. The van der Waals surface area contributed by atoms with E-state index in [1.807, 2.05) is 12.2 Å². The number of rotatable bonds is 1. The summed E-state index contributed by atoms with van der Waals surface area (Å²) in [5, 5.41) is 0. The number of hydrogen-bond donors (Lipinski definition) is 0. The van der Waals surface area contributed by atoms with Crippen molar-refractivity contribution in [1.82, 2.24) is 0 Å². The van der Waals surface area contributed by atoms with E-state index in [1.54, 1.807) is 6.08 Å². The summed E-state index contributed by atoms with van der Waals surface area (Å²) in [6.45, 7) is 14.0. The van der Waals surface area contributed by atoms with E-state index in [0.717, 1.165) is 12.8 Å². The fourth-order valence-electron chi connectivity index (χ4n) is 9.45. The molecule has 4 aliphatic carbocycles. The summed E-state index contributed by atoms with van der Waals surface area (Å²) < 4.78 is 5.84. The minimum atomic E-state index is -0.442. The second-order valence-corrected chi connectivity index (χ2v) is 12.5. The van der Waals surface area contributed by atoms with Gasteiger partial charge in [-0.2, -0.15) is 0 Å². The van der Waals surface area contributed by atoms with Crippen LogP contribution in [-0.2, 0) is 14.3 Å². The van der Waals surface area contributed by atoms with Crippen LogP contribution in [0.15, 0.2) is 24.3 Å². The molecule has 0 aromatic carbocycles. The van der Waals surface area contributed by atoms with Gasteiger partial charge in [0.15, 0.2) is 5.78 Å². The first kappa shape index (κ1) is 20.5. The van der Waals surface area contributed by atoms with Crippen molar-refractivity contribution in [2.24, 2.45) is 45.3 Å². The van der Waals surface area contributed by atoms with Crippen molar-refractivity contribution in [2.45, 2.75) is 85.7 Å². The predicted molar refractivity (Wildman–Crippen MR) is 118 cm³/mol. The Hall–Kier alpha value is -1.38. The molecule has 0 saturated heterocycles. The third kappa shape index (κ3) is 2.28. The monoisotopic (exact) mass is 410 g/mol. The molecule has 5 rings (SSSR count). The van der Waals surface area contributed by atoms with E-state index in [2.05, 4.69) is 47.6 Å². The van der Waals surface area contributed by atoms with E-state index < -0.39 is 5.60 Å². The molecule has 1 aliphatic heterocycles. The number of fused-ring (bicyclic) bond motifs is 5. The Morgan fingerprint density at radius 1 is 0.767 bits per heavy atom. The van der Waals surface area contributed by atoms with Gasteiger partial charge in [0, 0.05) is 17.4 Å². The number of hydrogen-bond acceptors (Lipinski definition) is 3. The molecule has 0 N–H and O–H groups in total. The Bertz CT molecular complexity index is 867. The van der Waals surface area contributed by atoms with Crippen LogP contribution in [0.4, 0.5) is 0 Å². The van der Waals surface area contributed by atoms with Crippen LogP contribution >= 0.6 is 0 Å². The van der Waals surface area contributed by atoms with Crippen LogP contribution in [-0.4, -0.2) is 17.4 Å². The number of cyclic esters (lactones) is 1. The van der Waals surface area contributed by atoms with Crippen molar-refractivity contribution in [2.75, 3.05) is 0 Å². The van der Waals surface area contributed by atoms with Crippen LogP contribution < -0.4 is 0 Å². The van der Waals surface area contributed by atoms with Crippen LogP contribution in [0.5, 0.6) is 0 Å². The first-order valence-corrected chi connectivity index (χ1v) is 12.0. The Morgan fingerprint density at radius 3 is 2.13 bits per heavy atom. The lowest BCUT2D eigenvalue weighted by Crippen LogP contribution is -2.62. The normalized spacial score (nSPS) is 53.8. The average Bonchev–Trinajstić information content (AvgIpc) is 3.20. The first-order chi connectivity index (χ1) is 13.9. The standard InChI is InChI=1S/C27H38O3/c1-23(2)19-10-15-26(5)20(24(19,3)13-11-21(23)28)8-7-17-18(9-14-25(17,26)4)27(6)16-12-22(29)30-27/h11-13,16-20H,7-10,14-15H2,1-6H3/t17?,18?,19?,20?,24-,25+,26+,27-/m0/s1. The van der Waals surface area contributed by atoms with Crippen molar-refractivity contribution in [3.63, 3.8) is 0 Å². The maximum atomic E-state index is 12.7. The zero-order chi connectivity index (χ0) is 21.7. The van der Waals surface area contributed by atoms with Gasteiger partial charge in [-0.3, -0.25) is 4.79 Å². The van der Waals surface area contributed by atoms with Crippen molar-refractivity contribution < 1.29 is 14.3 Å². The lowest BCUT2D eigenvalue weighted by molar-refractivity contribution is -0.185. The molecule has 0 spiro atoms. The maximum Gasteiger partial charge on any atom is 0.331 e. The second-order valence-electron chi connectivity index (χ2n) is 12.5. The molecule has 1 heterocycles. The van der Waals surface area contributed by atoms with E-state index in [-0.39, 0.29) is 27.6 Å². The van der Waals surface area contributed by atoms with Gasteiger partial charge in [-0.05, 0) is 91.6 Å². The Morgan fingerprint density at radius 2 is 1.47 bits per heavy atom. The molecule has 3 fully saturated rings. The number of allylic oxidation sites excluding steroid dienone is 2. The zero-order valence-corrected chi connectivity index (χ0v) is 19.6. The van der Waals surface area contributed by atoms with E-state index in [0.29, 0.717) is 29.5 Å². The first-order valence-electron chi connectivity index (χ1n) is 12.0. The SMILES string of the molecule is CC1(C)C(=O)C=C[C@@]2(C)C1CC[C@]1(C)C2CCC2C([C@]3(C)C=CC(=O)O3)CC[C@]21C. The quantitative estimate of drug-likeness (QED) is 0.506. The molecule has 0 radical (unpaired) electrons. The highest BCUT2D eigenvalue weighted by Gasteiger charge is 2.69. The molecule has 4 unspecified atom stereocenters. The van der Waals surface area contributed by atoms with Crippen LogP contribution in [0.1, 0.15) is 80.1 Å². The molecule has 30 heavy (non-hydrogen) atoms. The zero-order valence-electron chi connectivity index (χ0n) is 19.6.